The van der Waals surface area contributed by atoms with Crippen LogP contribution in [0.3, 0.4) is 0 Å². The van der Waals surface area contributed by atoms with E-state index in [-0.39, 0.29) is 5.91 Å². The lowest BCUT2D eigenvalue weighted by molar-refractivity contribution is -0.121. The molecule has 1 rings (SSSR count). The highest BCUT2D eigenvalue weighted by Gasteiger charge is 2.18. The zero-order chi connectivity index (χ0) is 11.3. The zero-order valence-corrected chi connectivity index (χ0v) is 9.38. The summed E-state index contributed by atoms with van der Waals surface area (Å²) in [5.74, 6) is 0.412. The minimum atomic E-state index is -0.440. The molecule has 3 amide bonds. The highest BCUT2D eigenvalue weighted by molar-refractivity contribution is 5.95. The van der Waals surface area contributed by atoms with Crippen LogP contribution in [-0.2, 0) is 4.79 Å². The Morgan fingerprint density at radius 1 is 1.47 bits per heavy atom. The van der Waals surface area contributed by atoms with Crippen LogP contribution in [0, 0.1) is 5.92 Å². The second kappa shape index (κ2) is 5.70. The predicted octanol–water partition coefficient (Wildman–Crippen LogP) is 0.174. The average Bonchev–Trinajstić information content (AvgIpc) is 2.17. The van der Waals surface area contributed by atoms with Crippen molar-refractivity contribution in [2.45, 2.75) is 19.8 Å². The summed E-state index contributed by atoms with van der Waals surface area (Å²) in [4.78, 5) is 24.3. The average molecular weight is 213 g/mol. The van der Waals surface area contributed by atoms with Gasteiger partial charge in [0.2, 0.25) is 5.91 Å². The molecular formula is C10H19N3O2. The summed E-state index contributed by atoms with van der Waals surface area (Å²) in [6.07, 6.45) is 2.36. The van der Waals surface area contributed by atoms with E-state index in [4.69, 9.17) is 0 Å². The third-order valence-electron chi connectivity index (χ3n) is 2.59. The SMILES string of the molecule is CNC(=O)NC(=O)CN1CCC[C@H](C)C1. The Bertz CT molecular complexity index is 243. The van der Waals surface area contributed by atoms with Crippen LogP contribution in [0.2, 0.25) is 0 Å². The molecule has 86 valence electrons. The lowest BCUT2D eigenvalue weighted by Gasteiger charge is -2.29. The number of carbonyl (C=O) groups is 2. The van der Waals surface area contributed by atoms with Crippen LogP contribution in [-0.4, -0.2) is 43.5 Å². The van der Waals surface area contributed by atoms with Gasteiger partial charge in [0.25, 0.3) is 0 Å². The second-order valence-electron chi connectivity index (χ2n) is 4.11. The van der Waals surface area contributed by atoms with Gasteiger partial charge in [-0.15, -0.1) is 0 Å². The number of urea groups is 1. The summed E-state index contributed by atoms with van der Waals surface area (Å²) >= 11 is 0. The Balaban J connectivity index is 2.27. The first kappa shape index (κ1) is 12.0. The molecule has 0 unspecified atom stereocenters. The fourth-order valence-corrected chi connectivity index (χ4v) is 1.86. The number of hydrogen-bond donors (Lipinski definition) is 2. The molecule has 0 bridgehead atoms. The monoisotopic (exact) mass is 213 g/mol. The molecule has 1 fully saturated rings. The lowest BCUT2D eigenvalue weighted by atomic mass is 10.0. The Morgan fingerprint density at radius 2 is 2.20 bits per heavy atom. The van der Waals surface area contributed by atoms with Crippen LogP contribution in [0.15, 0.2) is 0 Å². The highest BCUT2D eigenvalue weighted by Crippen LogP contribution is 2.14. The molecule has 5 nitrogen and oxygen atoms in total. The van der Waals surface area contributed by atoms with Gasteiger partial charge in [0.1, 0.15) is 0 Å². The van der Waals surface area contributed by atoms with Crippen LogP contribution in [0.4, 0.5) is 4.79 Å². The smallest absolute Gasteiger partial charge is 0.321 e. The largest absolute Gasteiger partial charge is 0.341 e. The van der Waals surface area contributed by atoms with Crippen molar-refractivity contribution in [2.75, 3.05) is 26.7 Å². The van der Waals surface area contributed by atoms with Crippen molar-refractivity contribution in [2.24, 2.45) is 5.92 Å². The number of piperidine rings is 1. The maximum Gasteiger partial charge on any atom is 0.321 e. The quantitative estimate of drug-likeness (QED) is 0.687. The van der Waals surface area contributed by atoms with Gasteiger partial charge in [-0.1, -0.05) is 6.92 Å². The summed E-state index contributed by atoms with van der Waals surface area (Å²) in [5.41, 5.74) is 0. The Labute approximate surface area is 90.2 Å². The van der Waals surface area contributed by atoms with E-state index in [1.54, 1.807) is 0 Å². The fourth-order valence-electron chi connectivity index (χ4n) is 1.86. The van der Waals surface area contributed by atoms with Gasteiger partial charge < -0.3 is 5.32 Å². The van der Waals surface area contributed by atoms with Crippen LogP contribution >= 0.6 is 0 Å². The Kier molecular flexibility index (Phi) is 4.55. The van der Waals surface area contributed by atoms with Gasteiger partial charge in [0, 0.05) is 13.6 Å². The van der Waals surface area contributed by atoms with Crippen molar-refractivity contribution in [3.8, 4) is 0 Å². The van der Waals surface area contributed by atoms with Crippen molar-refractivity contribution in [3.63, 3.8) is 0 Å². The summed E-state index contributed by atoms with van der Waals surface area (Å²) in [6, 6.07) is -0.440. The van der Waals surface area contributed by atoms with Gasteiger partial charge in [-0.25, -0.2) is 4.79 Å². The number of nitrogens with zero attached hydrogens (tertiary/aromatic N) is 1. The van der Waals surface area contributed by atoms with E-state index in [1.165, 1.54) is 13.5 Å². The number of imide groups is 1. The van der Waals surface area contributed by atoms with Crippen LogP contribution in [0.1, 0.15) is 19.8 Å². The van der Waals surface area contributed by atoms with E-state index in [0.717, 1.165) is 19.5 Å². The molecule has 1 saturated heterocycles. The standard InChI is InChI=1S/C10H19N3O2/c1-8-4-3-5-13(6-8)7-9(14)12-10(15)11-2/h8H,3-7H2,1-2H3,(H2,11,12,14,15)/t8-/m0/s1. The number of rotatable bonds is 2. The Morgan fingerprint density at radius 3 is 2.80 bits per heavy atom. The van der Waals surface area contributed by atoms with E-state index in [0.29, 0.717) is 12.5 Å². The van der Waals surface area contributed by atoms with Gasteiger partial charge >= 0.3 is 6.03 Å². The molecule has 0 aromatic carbocycles. The maximum atomic E-state index is 11.4. The van der Waals surface area contributed by atoms with Gasteiger partial charge in [-0.2, -0.15) is 0 Å². The van der Waals surface area contributed by atoms with Gasteiger partial charge in [0.05, 0.1) is 6.54 Å². The number of nitrogens with one attached hydrogen (secondary N) is 2. The van der Waals surface area contributed by atoms with E-state index in [9.17, 15) is 9.59 Å². The third kappa shape index (κ3) is 4.29. The van der Waals surface area contributed by atoms with E-state index < -0.39 is 6.03 Å². The lowest BCUT2D eigenvalue weighted by Crippen LogP contribution is -2.45. The van der Waals surface area contributed by atoms with Crippen LogP contribution in [0.5, 0.6) is 0 Å². The van der Waals surface area contributed by atoms with Gasteiger partial charge in [0.15, 0.2) is 0 Å². The van der Waals surface area contributed by atoms with Gasteiger partial charge in [-0.3, -0.25) is 15.0 Å². The molecule has 1 aliphatic heterocycles. The molecule has 0 aliphatic carbocycles. The van der Waals surface area contributed by atoms with E-state index >= 15 is 0 Å². The first-order chi connectivity index (χ1) is 7.11. The molecule has 0 aromatic heterocycles. The molecule has 1 heterocycles. The topological polar surface area (TPSA) is 61.4 Å². The number of hydrogen-bond acceptors (Lipinski definition) is 3. The van der Waals surface area contributed by atoms with Crippen molar-refractivity contribution >= 4 is 11.9 Å². The fraction of sp³-hybridized carbons (Fsp3) is 0.800. The molecule has 5 heteroatoms. The Hall–Kier alpha value is -1.10. The minimum absolute atomic E-state index is 0.233. The number of amides is 3. The molecular weight excluding hydrogens is 194 g/mol. The minimum Gasteiger partial charge on any atom is -0.341 e. The van der Waals surface area contributed by atoms with Crippen LogP contribution < -0.4 is 10.6 Å². The zero-order valence-electron chi connectivity index (χ0n) is 9.38. The normalized spacial score (nSPS) is 22.1. The van der Waals surface area contributed by atoms with Crippen molar-refractivity contribution in [1.82, 2.24) is 15.5 Å². The molecule has 0 aromatic rings. The molecule has 0 radical (unpaired) electrons. The number of carbonyl (C=O) groups excluding carboxylic acids is 2. The third-order valence-corrected chi connectivity index (χ3v) is 2.59. The molecule has 0 saturated carbocycles. The number of likely N-dealkylation sites (tertiary alicyclic amines) is 1. The summed E-state index contributed by atoms with van der Waals surface area (Å²) < 4.78 is 0. The summed E-state index contributed by atoms with van der Waals surface area (Å²) in [7, 11) is 1.49. The maximum absolute atomic E-state index is 11.4. The first-order valence-corrected chi connectivity index (χ1v) is 5.35. The molecule has 15 heavy (non-hydrogen) atoms. The molecule has 1 aliphatic rings. The predicted molar refractivity (Wildman–Crippen MR) is 57.4 cm³/mol. The highest BCUT2D eigenvalue weighted by atomic mass is 16.2. The molecule has 0 spiro atoms. The second-order valence-corrected chi connectivity index (χ2v) is 4.11. The van der Waals surface area contributed by atoms with E-state index in [1.807, 2.05) is 0 Å². The van der Waals surface area contributed by atoms with Crippen molar-refractivity contribution in [1.29, 1.82) is 0 Å². The summed E-state index contributed by atoms with van der Waals surface area (Å²) in [6.45, 7) is 4.40. The van der Waals surface area contributed by atoms with E-state index in [2.05, 4.69) is 22.5 Å². The van der Waals surface area contributed by atoms with Crippen molar-refractivity contribution in [3.05, 3.63) is 0 Å². The van der Waals surface area contributed by atoms with Gasteiger partial charge in [-0.05, 0) is 25.3 Å². The first-order valence-electron chi connectivity index (χ1n) is 5.35. The summed E-state index contributed by atoms with van der Waals surface area (Å²) in [5, 5.41) is 4.61. The van der Waals surface area contributed by atoms with Crippen LogP contribution in [0.25, 0.3) is 0 Å². The molecule has 1 atom stereocenters. The molecule has 2 N–H and O–H groups in total. The van der Waals surface area contributed by atoms with Crippen molar-refractivity contribution < 1.29 is 9.59 Å².